The molecule has 0 aliphatic carbocycles. The van der Waals surface area contributed by atoms with Gasteiger partial charge in [-0.3, -0.25) is 56.6 Å². The van der Waals surface area contributed by atoms with Crippen LogP contribution in [0.3, 0.4) is 0 Å². The number of nitrogens with one attached hydrogen (secondary N) is 5. The first-order valence-corrected chi connectivity index (χ1v) is 33.5. The summed E-state index contributed by atoms with van der Waals surface area (Å²) in [4.78, 5) is 150. The third-order valence-electron chi connectivity index (χ3n) is 13.3. The normalized spacial score (nSPS) is 21.5. The van der Waals surface area contributed by atoms with Gasteiger partial charge in [-0.2, -0.15) is 4.31 Å². The van der Waals surface area contributed by atoms with E-state index in [1.54, 1.807) is 14.0 Å². The van der Waals surface area contributed by atoms with Crippen molar-refractivity contribution in [3.05, 3.63) is 87.5 Å². The van der Waals surface area contributed by atoms with Crippen LogP contribution in [0.25, 0.3) is 11.2 Å². The number of anilines is 1. The predicted molar refractivity (Wildman–Crippen MR) is 309 cm³/mol. The number of phenols is 1. The van der Waals surface area contributed by atoms with Gasteiger partial charge in [-0.25, -0.2) is 33.3 Å². The molecule has 14 N–H and O–H groups in total. The van der Waals surface area contributed by atoms with Crippen molar-refractivity contribution in [2.24, 2.45) is 12.5 Å². The number of H-pyrrole nitrogens is 1. The summed E-state index contributed by atoms with van der Waals surface area (Å²) in [5, 5.41) is 52.4. The maximum absolute atomic E-state index is 14.1. The van der Waals surface area contributed by atoms with E-state index >= 15 is 0 Å². The molecule has 0 bridgehead atoms. The van der Waals surface area contributed by atoms with E-state index in [-0.39, 0.29) is 76.3 Å². The van der Waals surface area contributed by atoms with Gasteiger partial charge < -0.3 is 71.6 Å². The zero-order valence-electron chi connectivity index (χ0n) is 46.8. The molecular weight excluding hydrogens is 1300 g/mol. The molecule has 4 aromatic heterocycles. The Bertz CT molecular complexity index is 3760. The highest BCUT2D eigenvalue weighted by atomic mass is 32.2. The van der Waals surface area contributed by atoms with Crippen molar-refractivity contribution in [2.45, 2.75) is 80.4 Å². The standard InChI is InChI=1S/C46H58N15O22P3S3/c1-21-13-26(63)25(14-50-21)38(67)54-29(22-5-7-24(62)8-6-22)39(68)55-31-41(70)61-32(23(16-88-43(31)61)17-89-45-56-57-58-59(45)4)44(71)87-12-11-48-28(64)9-10-49-40(69)35(66)46(2,3)18-80-86(77,78)83-85(75,76)79-15-27-34(82-84(72,73)74)33(65)42(81-27)60-20-53-30-36(47)51-19-52-37(30)60/h5-8,13-14,19-20,27,29,31,33-35,42-43,62,65-66H,9-12,15-18H2,1-4H3,(H,48,64)(H,49,69)(H,50,63)(H,54,67)(H,55,68)(H,75,76)(H,77,78)(H2,47,51,52)(H2,72,73,74)/t27?,29-,31?,33?,34?,35?,42?,43-/m1/s1. The van der Waals surface area contributed by atoms with E-state index in [0.29, 0.717) is 16.4 Å². The third-order valence-corrected chi connectivity index (χ3v) is 19.7. The minimum Gasteiger partial charge on any atom is -0.508 e. The number of nitrogen functional groups attached to an aromatic ring is 1. The van der Waals surface area contributed by atoms with Crippen LogP contribution in [0, 0.1) is 12.3 Å². The minimum atomic E-state index is -5.67. The number of hydrogen-bond acceptors (Lipinski definition) is 28. The Balaban J connectivity index is 0.796. The van der Waals surface area contributed by atoms with E-state index < -0.39 is 130 Å². The number of β-lactam (4-membered cyclic amide) rings is 1. The second kappa shape index (κ2) is 28.3. The third kappa shape index (κ3) is 16.9. The van der Waals surface area contributed by atoms with Crippen LogP contribution in [-0.4, -0.2) is 199 Å². The summed E-state index contributed by atoms with van der Waals surface area (Å²) >= 11 is 3.23. The molecule has 0 radical (unpaired) electrons. The fourth-order valence-corrected chi connectivity index (χ4v) is 14.7. The molecule has 2 fully saturated rings. The van der Waals surface area contributed by atoms with Crippen LogP contribution in [0.2, 0.25) is 0 Å². The van der Waals surface area contributed by atoms with Crippen LogP contribution >= 0.6 is 58.8 Å². The summed E-state index contributed by atoms with van der Waals surface area (Å²) in [5.74, 6) is -3.90. The van der Waals surface area contributed by atoms with Crippen LogP contribution < -0.4 is 32.4 Å². The Morgan fingerprint density at radius 2 is 1.72 bits per heavy atom. The number of carbonyl (C=O) groups excluding carboxylic acids is 6. The number of nitrogens with two attached hydrogens (primary N) is 1. The van der Waals surface area contributed by atoms with Gasteiger partial charge in [0.15, 0.2) is 23.1 Å². The molecule has 8 unspecified atom stereocenters. The number of rotatable bonds is 28. The highest BCUT2D eigenvalue weighted by Gasteiger charge is 2.55. The van der Waals surface area contributed by atoms with Crippen molar-refractivity contribution in [1.29, 1.82) is 0 Å². The number of tetrazole rings is 1. The number of phosphoric ester groups is 3. The number of aromatic nitrogens is 9. The molecule has 3 aliphatic rings. The minimum absolute atomic E-state index is 0.00151. The molecule has 8 rings (SSSR count). The van der Waals surface area contributed by atoms with Gasteiger partial charge in [0.2, 0.25) is 28.0 Å². The van der Waals surface area contributed by atoms with Crippen molar-refractivity contribution < 1.29 is 100.0 Å². The predicted octanol–water partition coefficient (Wildman–Crippen LogP) is -1.49. The van der Waals surface area contributed by atoms with Gasteiger partial charge in [-0.05, 0) is 40.6 Å². The van der Waals surface area contributed by atoms with E-state index in [1.807, 2.05) is 0 Å². The topological polar surface area (TPSA) is 539 Å². The number of aliphatic hydroxyl groups is 2. The van der Waals surface area contributed by atoms with Crippen molar-refractivity contribution in [1.82, 2.24) is 70.9 Å². The lowest BCUT2D eigenvalue weighted by atomic mass is 9.87. The number of hydrogen-bond donors (Lipinski definition) is 13. The van der Waals surface area contributed by atoms with Crippen molar-refractivity contribution in [3.8, 4) is 5.75 Å². The number of fused-ring (bicyclic) bond motifs is 2. The first kappa shape index (κ1) is 68.4. The molecule has 43 heteroatoms. The number of phenolic OH excluding ortho intramolecular Hbond substituents is 1. The number of thioether (sulfide) groups is 3. The first-order chi connectivity index (χ1) is 41.8. The fraction of sp³-hybridized carbons (Fsp3) is 0.457. The monoisotopic (exact) mass is 1360 g/mol. The Kier molecular flexibility index (Phi) is 21.7. The van der Waals surface area contributed by atoms with Gasteiger partial charge in [-0.15, -0.1) is 16.9 Å². The summed E-state index contributed by atoms with van der Waals surface area (Å²) < 4.78 is 64.3. The Morgan fingerprint density at radius 1 is 1.00 bits per heavy atom. The number of benzene rings is 1. The largest absolute Gasteiger partial charge is 0.508 e. The smallest absolute Gasteiger partial charge is 0.481 e. The van der Waals surface area contributed by atoms with Crippen LogP contribution in [0.1, 0.15) is 54.2 Å². The number of aliphatic hydroxyl groups excluding tert-OH is 2. The van der Waals surface area contributed by atoms with Crippen LogP contribution in [0.15, 0.2) is 70.4 Å². The second-order valence-electron chi connectivity index (χ2n) is 20.3. The molecule has 37 nitrogen and oxygen atoms in total. The first-order valence-electron chi connectivity index (χ1n) is 26.0. The lowest BCUT2D eigenvalue weighted by Crippen LogP contribution is -2.71. The molecule has 5 aromatic rings. The molecule has 7 heterocycles. The maximum Gasteiger partial charge on any atom is 0.481 e. The van der Waals surface area contributed by atoms with Crippen LogP contribution in [0.5, 0.6) is 5.75 Å². The van der Waals surface area contributed by atoms with Crippen molar-refractivity contribution >= 4 is 110 Å². The molecule has 89 heavy (non-hydrogen) atoms. The molecule has 10 atom stereocenters. The summed E-state index contributed by atoms with van der Waals surface area (Å²) in [7, 11) is -15.1. The van der Waals surface area contributed by atoms with E-state index in [4.69, 9.17) is 19.5 Å². The van der Waals surface area contributed by atoms with Gasteiger partial charge in [0.25, 0.3) is 11.8 Å². The Labute approximate surface area is 514 Å². The Morgan fingerprint density at radius 3 is 2.40 bits per heavy atom. The van der Waals surface area contributed by atoms with Gasteiger partial charge in [0, 0.05) is 67.2 Å². The zero-order chi connectivity index (χ0) is 64.9. The molecule has 2 saturated heterocycles. The second-order valence-corrected chi connectivity index (χ2v) is 27.7. The molecule has 1 aromatic carbocycles. The van der Waals surface area contributed by atoms with E-state index in [2.05, 4.69) is 65.6 Å². The van der Waals surface area contributed by atoms with E-state index in [1.165, 1.54) is 83.5 Å². The van der Waals surface area contributed by atoms with Gasteiger partial charge >= 0.3 is 23.5 Å². The molecule has 0 spiro atoms. The number of amides is 5. The summed E-state index contributed by atoms with van der Waals surface area (Å²) in [6.07, 6.45) is -6.26. The number of nitrogens with zero attached hydrogens (tertiary/aromatic N) is 9. The molecule has 5 amide bonds. The molecule has 3 aliphatic heterocycles. The molecular formula is C46H58N15O22P3S3. The lowest BCUT2D eigenvalue weighted by molar-refractivity contribution is -0.147. The number of phosphoric acid groups is 3. The van der Waals surface area contributed by atoms with Crippen molar-refractivity contribution in [2.75, 3.05) is 49.3 Å². The van der Waals surface area contributed by atoms with Gasteiger partial charge in [-0.1, -0.05) is 49.5 Å². The quantitative estimate of drug-likeness (QED) is 0.0117. The van der Waals surface area contributed by atoms with Gasteiger partial charge in [0.1, 0.15) is 70.7 Å². The van der Waals surface area contributed by atoms with E-state index in [9.17, 15) is 82.2 Å². The van der Waals surface area contributed by atoms with Gasteiger partial charge in [0.05, 0.1) is 19.5 Å². The highest BCUT2D eigenvalue weighted by Crippen LogP contribution is 2.61. The number of pyridine rings is 1. The number of imidazole rings is 1. The highest BCUT2D eigenvalue weighted by molar-refractivity contribution is 8.14. The number of aromatic amines is 1. The number of aryl methyl sites for hydroxylation is 2. The van der Waals surface area contributed by atoms with Crippen molar-refractivity contribution in [3.63, 3.8) is 0 Å². The van der Waals surface area contributed by atoms with E-state index in [0.717, 1.165) is 29.0 Å². The maximum atomic E-state index is 14.1. The SMILES string of the molecule is Cc1cc(=O)c(C(=O)N[C@@H](C(=O)NC2C(=O)N3C(C(=O)SCCNC(=O)CCNC(=O)C(O)C(C)(C)COP(=O)(O)OP(=O)(O)OCC4OC(n5cnc6c(N)ncnc65)C(O)C4OP(=O)(O)O)=C(CSc4nnnn4C)CS[C@H]23)c2ccc(O)cc2)c[nH]1. The number of aromatic hydroxyl groups is 1. The number of carbonyl (C=O) groups is 6. The summed E-state index contributed by atoms with van der Waals surface area (Å²) in [5.41, 5.74) is 4.49. The van der Waals surface area contributed by atoms with Crippen LogP contribution in [-0.2, 0) is 67.3 Å². The molecule has 0 saturated carbocycles. The summed E-state index contributed by atoms with van der Waals surface area (Å²) in [6, 6.07) is 3.91. The zero-order valence-corrected chi connectivity index (χ0v) is 52.0. The molecule has 482 valence electrons. The average molecular weight is 1360 g/mol. The number of ether oxygens (including phenoxy) is 1. The average Bonchev–Trinajstić information content (AvgIpc) is 2.00. The lowest BCUT2D eigenvalue weighted by Gasteiger charge is -2.50. The Hall–Kier alpha value is -6.55. The fourth-order valence-electron chi connectivity index (χ4n) is 8.78. The van der Waals surface area contributed by atoms with Crippen LogP contribution in [0.4, 0.5) is 5.82 Å². The summed E-state index contributed by atoms with van der Waals surface area (Å²) in [6.45, 7) is 1.43.